The molecule has 124 valence electrons. The summed E-state index contributed by atoms with van der Waals surface area (Å²) in [5, 5.41) is 11.4. The van der Waals surface area contributed by atoms with E-state index in [0.29, 0.717) is 12.1 Å². The van der Waals surface area contributed by atoms with Gasteiger partial charge in [-0.2, -0.15) is 15.0 Å². The molecule has 0 spiro atoms. The van der Waals surface area contributed by atoms with Crippen LogP contribution in [0.4, 0.5) is 0 Å². The third-order valence-electron chi connectivity index (χ3n) is 3.91. The number of aromatic nitrogens is 4. The van der Waals surface area contributed by atoms with Crippen LogP contribution in [0.3, 0.4) is 0 Å². The molecule has 0 saturated heterocycles. The van der Waals surface area contributed by atoms with Crippen molar-refractivity contribution in [1.82, 2.24) is 25.3 Å². The number of rotatable bonds is 5. The van der Waals surface area contributed by atoms with Gasteiger partial charge in [0.05, 0.1) is 40.7 Å². The molecule has 25 heavy (non-hydrogen) atoms. The Kier molecular flexibility index (Phi) is 4.22. The van der Waals surface area contributed by atoms with Crippen LogP contribution in [0.1, 0.15) is 22.0 Å². The summed E-state index contributed by atoms with van der Waals surface area (Å²) in [4.78, 5) is 18.6. The maximum atomic E-state index is 12.7. The van der Waals surface area contributed by atoms with Crippen molar-refractivity contribution in [2.75, 3.05) is 0 Å². The summed E-state index contributed by atoms with van der Waals surface area (Å²) < 4.78 is 0.998. The lowest BCUT2D eigenvalue weighted by molar-refractivity contribution is 0.0931. The van der Waals surface area contributed by atoms with Crippen LogP contribution in [-0.2, 0) is 6.54 Å². The summed E-state index contributed by atoms with van der Waals surface area (Å²) >= 11 is 1.52. The van der Waals surface area contributed by atoms with Crippen LogP contribution < -0.4 is 5.32 Å². The van der Waals surface area contributed by atoms with Gasteiger partial charge >= 0.3 is 0 Å². The van der Waals surface area contributed by atoms with Crippen molar-refractivity contribution < 1.29 is 4.79 Å². The number of hydrogen-bond donors (Lipinski definition) is 1. The molecule has 1 amide bonds. The highest BCUT2D eigenvalue weighted by Crippen LogP contribution is 2.20. The van der Waals surface area contributed by atoms with E-state index in [0.717, 1.165) is 15.8 Å². The van der Waals surface area contributed by atoms with Crippen LogP contribution in [0.5, 0.6) is 0 Å². The van der Waals surface area contributed by atoms with Gasteiger partial charge in [-0.1, -0.05) is 30.3 Å². The zero-order valence-electron chi connectivity index (χ0n) is 13.2. The van der Waals surface area contributed by atoms with Crippen molar-refractivity contribution in [3.8, 4) is 0 Å². The summed E-state index contributed by atoms with van der Waals surface area (Å²) in [5.74, 6) is -0.128. The van der Waals surface area contributed by atoms with Crippen LogP contribution in [-0.4, -0.2) is 25.9 Å². The lowest BCUT2D eigenvalue weighted by Crippen LogP contribution is -2.32. The third kappa shape index (κ3) is 3.41. The maximum Gasteiger partial charge on any atom is 0.251 e. The Hall–Kier alpha value is -3.06. The first-order valence-electron chi connectivity index (χ1n) is 7.83. The van der Waals surface area contributed by atoms with Crippen LogP contribution >= 0.6 is 11.3 Å². The zero-order chi connectivity index (χ0) is 17.1. The Bertz CT molecular complexity index is 981. The standard InChI is InChI=1S/C18H15N5OS/c24-18(14-6-7-15-17(10-14)25-12-19-15)22-16(11-23-20-8-9-21-23)13-4-2-1-3-5-13/h1-10,12,16H,11H2,(H,22,24)/t16-/m1/s1. The second kappa shape index (κ2) is 6.82. The molecule has 2 aromatic heterocycles. The van der Waals surface area contributed by atoms with E-state index in [2.05, 4.69) is 20.5 Å². The molecule has 0 radical (unpaired) electrons. The van der Waals surface area contributed by atoms with Crippen molar-refractivity contribution >= 4 is 27.5 Å². The van der Waals surface area contributed by atoms with Gasteiger partial charge in [0.25, 0.3) is 5.91 Å². The molecule has 0 bridgehead atoms. The van der Waals surface area contributed by atoms with Gasteiger partial charge < -0.3 is 5.32 Å². The molecule has 2 heterocycles. The highest BCUT2D eigenvalue weighted by Gasteiger charge is 2.17. The number of thiazole rings is 1. The topological polar surface area (TPSA) is 72.7 Å². The fourth-order valence-corrected chi connectivity index (χ4v) is 3.37. The number of hydrogen-bond acceptors (Lipinski definition) is 5. The molecule has 0 fully saturated rings. The monoisotopic (exact) mass is 349 g/mol. The van der Waals surface area contributed by atoms with Crippen LogP contribution in [0.25, 0.3) is 10.2 Å². The van der Waals surface area contributed by atoms with Gasteiger partial charge in [-0.05, 0) is 23.8 Å². The molecule has 1 N–H and O–H groups in total. The summed E-state index contributed by atoms with van der Waals surface area (Å²) in [6.07, 6.45) is 3.25. The van der Waals surface area contributed by atoms with Crippen molar-refractivity contribution in [3.05, 3.63) is 77.6 Å². The molecule has 4 aromatic rings. The largest absolute Gasteiger partial charge is 0.343 e. The molecule has 1 atom stereocenters. The summed E-state index contributed by atoms with van der Waals surface area (Å²) in [6, 6.07) is 15.1. The normalized spacial score (nSPS) is 12.2. The molecule has 0 aliphatic heterocycles. The number of amides is 1. The average Bonchev–Trinajstić information content (AvgIpc) is 3.32. The summed E-state index contributed by atoms with van der Waals surface area (Å²) in [6.45, 7) is 0.464. The minimum atomic E-state index is -0.224. The van der Waals surface area contributed by atoms with E-state index < -0.39 is 0 Å². The zero-order valence-corrected chi connectivity index (χ0v) is 14.1. The van der Waals surface area contributed by atoms with Crippen molar-refractivity contribution in [2.45, 2.75) is 12.6 Å². The maximum absolute atomic E-state index is 12.7. The Morgan fingerprint density at radius 1 is 1.12 bits per heavy atom. The predicted molar refractivity (Wildman–Crippen MR) is 96.3 cm³/mol. The lowest BCUT2D eigenvalue weighted by atomic mass is 10.1. The molecule has 0 aliphatic rings. The van der Waals surface area contributed by atoms with E-state index in [4.69, 9.17) is 0 Å². The molecule has 2 aromatic carbocycles. The van der Waals surface area contributed by atoms with Crippen LogP contribution in [0, 0.1) is 0 Å². The molecule has 0 aliphatic carbocycles. The van der Waals surface area contributed by atoms with Gasteiger partial charge in [0.2, 0.25) is 0 Å². The third-order valence-corrected chi connectivity index (χ3v) is 4.70. The van der Waals surface area contributed by atoms with Crippen LogP contribution in [0.2, 0.25) is 0 Å². The van der Waals surface area contributed by atoms with Crippen LogP contribution in [0.15, 0.2) is 66.4 Å². The first-order chi connectivity index (χ1) is 12.3. The van der Waals surface area contributed by atoms with E-state index in [1.54, 1.807) is 28.8 Å². The smallest absolute Gasteiger partial charge is 0.251 e. The molecule has 4 rings (SSSR count). The minimum Gasteiger partial charge on any atom is -0.343 e. The number of benzene rings is 2. The van der Waals surface area contributed by atoms with Gasteiger partial charge in [-0.25, -0.2) is 4.98 Å². The fraction of sp³-hybridized carbons (Fsp3) is 0.111. The minimum absolute atomic E-state index is 0.128. The van der Waals surface area contributed by atoms with E-state index in [-0.39, 0.29) is 11.9 Å². The Morgan fingerprint density at radius 3 is 2.72 bits per heavy atom. The summed E-state index contributed by atoms with van der Waals surface area (Å²) in [5.41, 5.74) is 4.31. The number of nitrogens with zero attached hydrogens (tertiary/aromatic N) is 4. The molecule has 0 saturated carbocycles. The molecule has 0 unspecified atom stereocenters. The first kappa shape index (κ1) is 15.5. The second-order valence-electron chi connectivity index (χ2n) is 5.56. The van der Waals surface area contributed by atoms with Gasteiger partial charge in [-0.3, -0.25) is 4.79 Å². The van der Waals surface area contributed by atoms with E-state index in [1.165, 1.54) is 11.3 Å². The van der Waals surface area contributed by atoms with E-state index in [9.17, 15) is 4.79 Å². The average molecular weight is 349 g/mol. The lowest BCUT2D eigenvalue weighted by Gasteiger charge is -2.19. The Morgan fingerprint density at radius 2 is 1.92 bits per heavy atom. The van der Waals surface area contributed by atoms with Crippen molar-refractivity contribution in [3.63, 3.8) is 0 Å². The van der Waals surface area contributed by atoms with E-state index >= 15 is 0 Å². The van der Waals surface area contributed by atoms with Gasteiger partial charge in [0.1, 0.15) is 0 Å². The fourth-order valence-electron chi connectivity index (χ4n) is 2.66. The molecule has 6 nitrogen and oxygen atoms in total. The van der Waals surface area contributed by atoms with E-state index in [1.807, 2.05) is 42.5 Å². The number of nitrogens with one attached hydrogen (secondary N) is 1. The number of fused-ring (bicyclic) bond motifs is 1. The molecular formula is C18H15N5OS. The second-order valence-corrected chi connectivity index (χ2v) is 6.44. The van der Waals surface area contributed by atoms with Gasteiger partial charge in [0.15, 0.2) is 0 Å². The molecule has 7 heteroatoms. The predicted octanol–water partition coefficient (Wildman–Crippen LogP) is 3.06. The van der Waals surface area contributed by atoms with Crippen molar-refractivity contribution in [1.29, 1.82) is 0 Å². The Labute approximate surface area is 148 Å². The SMILES string of the molecule is O=C(N[C@H](Cn1nccn1)c1ccccc1)c1ccc2ncsc2c1. The first-order valence-corrected chi connectivity index (χ1v) is 8.71. The highest BCUT2D eigenvalue weighted by molar-refractivity contribution is 7.16. The van der Waals surface area contributed by atoms with Gasteiger partial charge in [-0.15, -0.1) is 11.3 Å². The number of carbonyl (C=O) groups is 1. The summed E-state index contributed by atoms with van der Waals surface area (Å²) in [7, 11) is 0. The number of carbonyl (C=O) groups excluding carboxylic acids is 1. The molecular weight excluding hydrogens is 334 g/mol. The Balaban J connectivity index is 1.59. The quantitative estimate of drug-likeness (QED) is 0.601. The van der Waals surface area contributed by atoms with Crippen molar-refractivity contribution in [2.24, 2.45) is 0 Å². The highest BCUT2D eigenvalue weighted by atomic mass is 32.1. The van der Waals surface area contributed by atoms with Gasteiger partial charge in [0, 0.05) is 5.56 Å².